The Morgan fingerprint density at radius 3 is 2.16 bits per heavy atom. The number of nitrogens with one attached hydrogen (secondary N) is 1. The standard InChI is InChI=1S/C19H28BrNO4/c1-12(24-18(2,3)4)15(21-17(23)25-19(5,6)7)16(22)13-9-8-10-14(20)11-13/h8-12,15H,1-7H3,(H,21,23)/t12-,15+/m1/s1. The van der Waals surface area contributed by atoms with Crippen LogP contribution in [0.4, 0.5) is 4.79 Å². The highest BCUT2D eigenvalue weighted by Crippen LogP contribution is 2.19. The van der Waals surface area contributed by atoms with Crippen molar-refractivity contribution in [3.63, 3.8) is 0 Å². The number of halogens is 1. The molecule has 140 valence electrons. The van der Waals surface area contributed by atoms with Crippen molar-refractivity contribution in [2.24, 2.45) is 0 Å². The van der Waals surface area contributed by atoms with Crippen molar-refractivity contribution < 1.29 is 19.1 Å². The molecule has 6 heteroatoms. The molecule has 0 aromatic heterocycles. The third-order valence-corrected chi connectivity index (χ3v) is 3.57. The average molecular weight is 414 g/mol. The molecule has 0 heterocycles. The molecular weight excluding hydrogens is 386 g/mol. The van der Waals surface area contributed by atoms with Crippen LogP contribution in [0.1, 0.15) is 58.8 Å². The summed E-state index contributed by atoms with van der Waals surface area (Å²) in [6.45, 7) is 12.8. The molecule has 0 unspecified atom stereocenters. The van der Waals surface area contributed by atoms with Crippen molar-refractivity contribution >= 4 is 27.8 Å². The van der Waals surface area contributed by atoms with Crippen LogP contribution in [0.3, 0.4) is 0 Å². The van der Waals surface area contributed by atoms with Crippen molar-refractivity contribution in [3.05, 3.63) is 34.3 Å². The lowest BCUT2D eigenvalue weighted by molar-refractivity contribution is -0.0621. The van der Waals surface area contributed by atoms with E-state index in [4.69, 9.17) is 9.47 Å². The fourth-order valence-corrected chi connectivity index (χ4v) is 2.68. The van der Waals surface area contributed by atoms with Crippen LogP contribution in [-0.4, -0.2) is 35.2 Å². The van der Waals surface area contributed by atoms with E-state index in [-0.39, 0.29) is 5.78 Å². The van der Waals surface area contributed by atoms with Crippen LogP contribution >= 0.6 is 15.9 Å². The SMILES string of the molecule is C[C@@H](OC(C)(C)C)[C@H](NC(=O)OC(C)(C)C)C(=O)c1cccc(Br)c1. The molecule has 1 N–H and O–H groups in total. The number of ketones is 1. The van der Waals surface area contributed by atoms with Crippen molar-refractivity contribution in [2.45, 2.75) is 71.8 Å². The van der Waals surface area contributed by atoms with E-state index in [1.807, 2.05) is 26.8 Å². The molecule has 1 rings (SSSR count). The number of benzene rings is 1. The molecule has 2 atom stereocenters. The zero-order valence-electron chi connectivity index (χ0n) is 16.0. The van der Waals surface area contributed by atoms with E-state index in [9.17, 15) is 9.59 Å². The largest absolute Gasteiger partial charge is 0.444 e. The molecule has 0 saturated heterocycles. The summed E-state index contributed by atoms with van der Waals surface area (Å²) < 4.78 is 12.0. The lowest BCUT2D eigenvalue weighted by Gasteiger charge is -2.31. The fraction of sp³-hybridized carbons (Fsp3) is 0.579. The van der Waals surface area contributed by atoms with Crippen LogP contribution in [0, 0.1) is 0 Å². The summed E-state index contributed by atoms with van der Waals surface area (Å²) in [6, 6.07) is 6.18. The van der Waals surface area contributed by atoms with Gasteiger partial charge in [0.1, 0.15) is 11.6 Å². The number of hydrogen-bond acceptors (Lipinski definition) is 4. The predicted octanol–water partition coefficient (Wildman–Crippen LogP) is 4.73. The zero-order chi connectivity index (χ0) is 19.4. The van der Waals surface area contributed by atoms with Gasteiger partial charge in [-0.1, -0.05) is 28.1 Å². The van der Waals surface area contributed by atoms with Gasteiger partial charge < -0.3 is 14.8 Å². The molecule has 1 aromatic carbocycles. The Labute approximate surface area is 158 Å². The fourth-order valence-electron chi connectivity index (χ4n) is 2.28. The van der Waals surface area contributed by atoms with Crippen molar-refractivity contribution in [3.8, 4) is 0 Å². The summed E-state index contributed by atoms with van der Waals surface area (Å²) in [6.07, 6.45) is -1.18. The summed E-state index contributed by atoms with van der Waals surface area (Å²) in [5, 5.41) is 2.66. The second-order valence-electron chi connectivity index (χ2n) is 7.93. The molecule has 0 spiro atoms. The number of carbonyl (C=O) groups is 2. The van der Waals surface area contributed by atoms with E-state index in [0.29, 0.717) is 5.56 Å². The third-order valence-electron chi connectivity index (χ3n) is 3.07. The zero-order valence-corrected chi connectivity index (χ0v) is 17.6. The van der Waals surface area contributed by atoms with Gasteiger partial charge >= 0.3 is 6.09 Å². The number of Topliss-reactive ketones (excluding diaryl/α,β-unsaturated/α-hetero) is 1. The first-order valence-corrected chi connectivity index (χ1v) is 9.05. The van der Waals surface area contributed by atoms with Gasteiger partial charge in [0.2, 0.25) is 0 Å². The number of hydrogen-bond donors (Lipinski definition) is 1. The number of alkyl carbamates (subject to hydrolysis) is 1. The van der Waals surface area contributed by atoms with E-state index in [2.05, 4.69) is 21.2 Å². The maximum atomic E-state index is 13.0. The molecule has 0 saturated carbocycles. The first kappa shape index (κ1) is 21.6. The number of ether oxygens (including phenoxy) is 2. The van der Waals surface area contributed by atoms with Crippen LogP contribution in [-0.2, 0) is 9.47 Å². The van der Waals surface area contributed by atoms with E-state index in [1.54, 1.807) is 45.9 Å². The van der Waals surface area contributed by atoms with E-state index in [0.717, 1.165) is 4.47 Å². The molecule has 0 aliphatic rings. The minimum atomic E-state index is -0.858. The Bertz CT molecular complexity index is 617. The minimum Gasteiger partial charge on any atom is -0.444 e. The normalized spacial score (nSPS) is 14.6. The minimum absolute atomic E-state index is 0.232. The second kappa shape index (κ2) is 8.32. The van der Waals surface area contributed by atoms with Gasteiger partial charge in [-0.3, -0.25) is 4.79 Å². The monoisotopic (exact) mass is 413 g/mol. The van der Waals surface area contributed by atoms with E-state index >= 15 is 0 Å². The Morgan fingerprint density at radius 1 is 1.08 bits per heavy atom. The molecule has 0 fully saturated rings. The third kappa shape index (κ3) is 8.01. The van der Waals surface area contributed by atoms with Crippen molar-refractivity contribution in [1.82, 2.24) is 5.32 Å². The van der Waals surface area contributed by atoms with Gasteiger partial charge in [0.05, 0.1) is 11.7 Å². The lowest BCUT2D eigenvalue weighted by atomic mass is 9.99. The van der Waals surface area contributed by atoms with Gasteiger partial charge in [-0.05, 0) is 60.6 Å². The number of amides is 1. The summed E-state index contributed by atoms with van der Waals surface area (Å²) >= 11 is 3.36. The summed E-state index contributed by atoms with van der Waals surface area (Å²) in [5.74, 6) is -0.232. The maximum absolute atomic E-state index is 13.0. The molecule has 25 heavy (non-hydrogen) atoms. The maximum Gasteiger partial charge on any atom is 0.408 e. The van der Waals surface area contributed by atoms with E-state index < -0.39 is 29.4 Å². The van der Waals surface area contributed by atoms with Gasteiger partial charge in [0.25, 0.3) is 0 Å². The number of carbonyl (C=O) groups excluding carboxylic acids is 2. The van der Waals surface area contributed by atoms with Crippen molar-refractivity contribution in [1.29, 1.82) is 0 Å². The Morgan fingerprint density at radius 2 is 1.68 bits per heavy atom. The molecule has 0 bridgehead atoms. The molecule has 0 radical (unpaired) electrons. The highest BCUT2D eigenvalue weighted by molar-refractivity contribution is 9.10. The van der Waals surface area contributed by atoms with Gasteiger partial charge in [0, 0.05) is 10.0 Å². The van der Waals surface area contributed by atoms with Crippen LogP contribution < -0.4 is 5.32 Å². The second-order valence-corrected chi connectivity index (χ2v) is 8.85. The van der Waals surface area contributed by atoms with Gasteiger partial charge in [0.15, 0.2) is 5.78 Å². The molecule has 1 amide bonds. The van der Waals surface area contributed by atoms with Gasteiger partial charge in [-0.2, -0.15) is 0 Å². The Balaban J connectivity index is 3.05. The quantitative estimate of drug-likeness (QED) is 0.708. The number of rotatable bonds is 5. The van der Waals surface area contributed by atoms with Crippen molar-refractivity contribution in [2.75, 3.05) is 0 Å². The molecule has 0 aliphatic carbocycles. The Kier molecular flexibility index (Phi) is 7.20. The molecule has 5 nitrogen and oxygen atoms in total. The first-order valence-electron chi connectivity index (χ1n) is 8.25. The molecular formula is C19H28BrNO4. The topological polar surface area (TPSA) is 64.6 Å². The van der Waals surface area contributed by atoms with Gasteiger partial charge in [-0.15, -0.1) is 0 Å². The molecule has 0 aliphatic heterocycles. The van der Waals surface area contributed by atoms with Crippen LogP contribution in [0.2, 0.25) is 0 Å². The summed E-state index contributed by atoms with van der Waals surface area (Å²) in [4.78, 5) is 25.1. The summed E-state index contributed by atoms with van der Waals surface area (Å²) in [5.41, 5.74) is -0.619. The molecule has 1 aromatic rings. The Hall–Kier alpha value is -1.40. The summed E-state index contributed by atoms with van der Waals surface area (Å²) in [7, 11) is 0. The van der Waals surface area contributed by atoms with Crippen LogP contribution in [0.15, 0.2) is 28.7 Å². The lowest BCUT2D eigenvalue weighted by Crippen LogP contribution is -2.51. The van der Waals surface area contributed by atoms with Gasteiger partial charge in [-0.25, -0.2) is 4.79 Å². The van der Waals surface area contributed by atoms with Crippen LogP contribution in [0.5, 0.6) is 0 Å². The highest BCUT2D eigenvalue weighted by Gasteiger charge is 2.32. The average Bonchev–Trinajstić information content (AvgIpc) is 2.40. The van der Waals surface area contributed by atoms with Crippen LogP contribution in [0.25, 0.3) is 0 Å². The van der Waals surface area contributed by atoms with E-state index in [1.165, 1.54) is 0 Å². The smallest absolute Gasteiger partial charge is 0.408 e. The highest BCUT2D eigenvalue weighted by atomic mass is 79.9. The first-order chi connectivity index (χ1) is 11.3. The predicted molar refractivity (Wildman–Crippen MR) is 102 cm³/mol.